The van der Waals surface area contributed by atoms with E-state index in [-0.39, 0.29) is 30.8 Å². The number of halogens is 6. The van der Waals surface area contributed by atoms with E-state index in [2.05, 4.69) is 11.3 Å². The van der Waals surface area contributed by atoms with Crippen LogP contribution in [0.3, 0.4) is 0 Å². The predicted octanol–water partition coefficient (Wildman–Crippen LogP) is 6.86. The number of aryl methyl sites for hydroxylation is 3. The molecular formula is C29H28F6O4. The third kappa shape index (κ3) is 7.97. The fourth-order valence-electron chi connectivity index (χ4n) is 4.34. The molecule has 1 aliphatic heterocycles. The lowest BCUT2D eigenvalue weighted by Gasteiger charge is -2.29. The van der Waals surface area contributed by atoms with Crippen molar-refractivity contribution in [3.05, 3.63) is 89.3 Å². The molecule has 3 aromatic rings. The summed E-state index contributed by atoms with van der Waals surface area (Å²) in [6.45, 7) is 3.13. The molecule has 1 aliphatic rings. The molecule has 0 unspecified atom stereocenters. The lowest BCUT2D eigenvalue weighted by molar-refractivity contribution is -0.225. The molecule has 0 aromatic heterocycles. The lowest BCUT2D eigenvalue weighted by atomic mass is 9.98. The van der Waals surface area contributed by atoms with Crippen LogP contribution < -0.4 is 4.74 Å². The Hall–Kier alpha value is -3.08. The number of benzene rings is 3. The van der Waals surface area contributed by atoms with E-state index < -0.39 is 36.0 Å². The second-order valence-corrected chi connectivity index (χ2v) is 9.27. The van der Waals surface area contributed by atoms with E-state index >= 15 is 4.39 Å². The summed E-state index contributed by atoms with van der Waals surface area (Å²) in [7, 11) is 0. The van der Waals surface area contributed by atoms with E-state index in [1.165, 1.54) is 0 Å². The van der Waals surface area contributed by atoms with Crippen LogP contribution in [0.5, 0.6) is 5.75 Å². The molecule has 1 heterocycles. The molecule has 0 aliphatic carbocycles. The van der Waals surface area contributed by atoms with Crippen LogP contribution in [0.1, 0.15) is 23.1 Å². The van der Waals surface area contributed by atoms with Gasteiger partial charge < -0.3 is 18.9 Å². The zero-order valence-corrected chi connectivity index (χ0v) is 21.0. The number of fused-ring (bicyclic) bond motifs is 1. The number of hydrogen-bond acceptors (Lipinski definition) is 4. The first-order chi connectivity index (χ1) is 18.6. The van der Waals surface area contributed by atoms with Crippen molar-refractivity contribution >= 4 is 10.8 Å². The number of ether oxygens (including phenoxy) is 4. The number of rotatable bonds is 11. The highest BCUT2D eigenvalue weighted by atomic mass is 19.4. The molecule has 210 valence electrons. The molecule has 0 radical (unpaired) electrons. The standard InChI is InChI=1S/C29H28F6O4/c1-2-11-36-22-15-37-26(38-16-22)10-5-18-4-9-23-21(12-18)8-7-20(27(23)32)6-3-19-13-24(30)28(25(31)14-19)39-17-29(33,34)35/h2,4,7-9,12-14,22,26H,1,3,5-6,10-11,15-17H2. The van der Waals surface area contributed by atoms with Gasteiger partial charge in [0.2, 0.25) is 0 Å². The lowest BCUT2D eigenvalue weighted by Crippen LogP contribution is -2.37. The molecule has 1 saturated heterocycles. The van der Waals surface area contributed by atoms with Crippen molar-refractivity contribution in [2.75, 3.05) is 26.4 Å². The van der Waals surface area contributed by atoms with Crippen molar-refractivity contribution in [1.82, 2.24) is 0 Å². The van der Waals surface area contributed by atoms with Gasteiger partial charge in [0.15, 0.2) is 30.3 Å². The van der Waals surface area contributed by atoms with Gasteiger partial charge in [0.25, 0.3) is 0 Å². The summed E-state index contributed by atoms with van der Waals surface area (Å²) < 4.78 is 102. The molecule has 0 N–H and O–H groups in total. The normalized spacial score (nSPS) is 17.9. The zero-order valence-electron chi connectivity index (χ0n) is 21.0. The van der Waals surface area contributed by atoms with Crippen LogP contribution in [0.2, 0.25) is 0 Å². The van der Waals surface area contributed by atoms with E-state index in [0.29, 0.717) is 49.0 Å². The molecule has 10 heteroatoms. The van der Waals surface area contributed by atoms with Crippen molar-refractivity contribution in [2.24, 2.45) is 0 Å². The van der Waals surface area contributed by atoms with Crippen LogP contribution in [-0.4, -0.2) is 45.0 Å². The number of hydrogen-bond donors (Lipinski definition) is 0. The Labute approximate surface area is 222 Å². The van der Waals surface area contributed by atoms with Gasteiger partial charge >= 0.3 is 6.18 Å². The van der Waals surface area contributed by atoms with Gasteiger partial charge in [-0.25, -0.2) is 13.2 Å². The van der Waals surface area contributed by atoms with Gasteiger partial charge in [-0.05, 0) is 53.5 Å². The summed E-state index contributed by atoms with van der Waals surface area (Å²) in [5, 5.41) is 1.12. The van der Waals surface area contributed by atoms with Crippen LogP contribution in [0, 0.1) is 17.5 Å². The minimum atomic E-state index is -4.73. The van der Waals surface area contributed by atoms with Crippen molar-refractivity contribution in [1.29, 1.82) is 0 Å². The smallest absolute Gasteiger partial charge is 0.422 e. The van der Waals surface area contributed by atoms with Crippen LogP contribution >= 0.6 is 0 Å². The third-order valence-electron chi connectivity index (χ3n) is 6.27. The minimum Gasteiger partial charge on any atom is -0.478 e. The molecule has 1 fully saturated rings. The highest BCUT2D eigenvalue weighted by Gasteiger charge is 2.30. The van der Waals surface area contributed by atoms with Gasteiger partial charge in [-0.1, -0.05) is 36.4 Å². The van der Waals surface area contributed by atoms with Crippen molar-refractivity contribution in [3.8, 4) is 5.75 Å². The molecule has 0 atom stereocenters. The van der Waals surface area contributed by atoms with Gasteiger partial charge in [0.1, 0.15) is 11.9 Å². The summed E-state index contributed by atoms with van der Waals surface area (Å²) >= 11 is 0. The average molecular weight is 555 g/mol. The highest BCUT2D eigenvalue weighted by Crippen LogP contribution is 2.28. The quantitative estimate of drug-likeness (QED) is 0.192. The fourth-order valence-corrected chi connectivity index (χ4v) is 4.34. The molecule has 0 spiro atoms. The summed E-state index contributed by atoms with van der Waals surface area (Å²) in [4.78, 5) is 0. The van der Waals surface area contributed by atoms with Crippen LogP contribution in [0.25, 0.3) is 10.8 Å². The maximum atomic E-state index is 15.2. The van der Waals surface area contributed by atoms with E-state index in [1.54, 1.807) is 24.3 Å². The first-order valence-electron chi connectivity index (χ1n) is 12.5. The summed E-state index contributed by atoms with van der Waals surface area (Å²) in [5.74, 6) is -4.02. The minimum absolute atomic E-state index is 0.0782. The number of alkyl halides is 3. The Morgan fingerprint density at radius 1 is 0.897 bits per heavy atom. The maximum absolute atomic E-state index is 15.2. The Morgan fingerprint density at radius 2 is 1.62 bits per heavy atom. The Morgan fingerprint density at radius 3 is 2.28 bits per heavy atom. The van der Waals surface area contributed by atoms with Crippen LogP contribution in [-0.2, 0) is 33.5 Å². The summed E-state index contributed by atoms with van der Waals surface area (Å²) in [6, 6.07) is 10.6. The van der Waals surface area contributed by atoms with E-state index in [9.17, 15) is 22.0 Å². The molecule has 4 nitrogen and oxygen atoms in total. The average Bonchev–Trinajstić information content (AvgIpc) is 2.90. The zero-order chi connectivity index (χ0) is 28.0. The molecule has 0 saturated carbocycles. The fraction of sp³-hybridized carbons (Fsp3) is 0.379. The molecular weight excluding hydrogens is 526 g/mol. The molecule has 0 amide bonds. The van der Waals surface area contributed by atoms with E-state index in [0.717, 1.165) is 17.7 Å². The van der Waals surface area contributed by atoms with Crippen LogP contribution in [0.15, 0.2) is 55.1 Å². The SMILES string of the molecule is C=CCOC1COC(CCc2ccc3c(F)c(CCc4cc(F)c(OCC(F)(F)F)c(F)c4)ccc3c2)OC1. The van der Waals surface area contributed by atoms with E-state index in [4.69, 9.17) is 14.2 Å². The first-order valence-corrected chi connectivity index (χ1v) is 12.5. The second kappa shape index (κ2) is 12.8. The molecule has 4 rings (SSSR count). The molecule has 0 bridgehead atoms. The van der Waals surface area contributed by atoms with E-state index in [1.807, 2.05) is 12.1 Å². The van der Waals surface area contributed by atoms with Gasteiger partial charge in [-0.3, -0.25) is 0 Å². The maximum Gasteiger partial charge on any atom is 0.422 e. The van der Waals surface area contributed by atoms with Gasteiger partial charge in [0.05, 0.1) is 19.8 Å². The highest BCUT2D eigenvalue weighted by molar-refractivity contribution is 5.84. The van der Waals surface area contributed by atoms with Crippen LogP contribution in [0.4, 0.5) is 26.3 Å². The van der Waals surface area contributed by atoms with Crippen molar-refractivity contribution < 1.29 is 45.3 Å². The largest absolute Gasteiger partial charge is 0.478 e. The first kappa shape index (κ1) is 28.9. The van der Waals surface area contributed by atoms with Gasteiger partial charge in [0, 0.05) is 11.8 Å². The van der Waals surface area contributed by atoms with Crippen molar-refractivity contribution in [3.63, 3.8) is 0 Å². The summed E-state index contributed by atoms with van der Waals surface area (Å²) in [5.41, 5.74) is 1.52. The third-order valence-corrected chi connectivity index (χ3v) is 6.27. The second-order valence-electron chi connectivity index (χ2n) is 9.27. The topological polar surface area (TPSA) is 36.9 Å². The predicted molar refractivity (Wildman–Crippen MR) is 133 cm³/mol. The van der Waals surface area contributed by atoms with Gasteiger partial charge in [-0.2, -0.15) is 13.2 Å². The Balaban J connectivity index is 1.34. The van der Waals surface area contributed by atoms with Crippen molar-refractivity contribution in [2.45, 2.75) is 44.3 Å². The Kier molecular flexibility index (Phi) is 9.53. The Bertz CT molecular complexity index is 1260. The summed E-state index contributed by atoms with van der Waals surface area (Å²) in [6.07, 6.45) is -2.00. The van der Waals surface area contributed by atoms with Gasteiger partial charge in [-0.15, -0.1) is 6.58 Å². The molecule has 3 aromatic carbocycles. The molecule has 39 heavy (non-hydrogen) atoms. The monoisotopic (exact) mass is 554 g/mol.